The molecule has 0 spiro atoms. The molecule has 1 unspecified atom stereocenters. The minimum absolute atomic E-state index is 0.140. The molecule has 0 saturated carbocycles. The molecule has 0 aliphatic heterocycles. The summed E-state index contributed by atoms with van der Waals surface area (Å²) in [4.78, 5) is 0. The van der Waals surface area contributed by atoms with Crippen LogP contribution in [0.3, 0.4) is 0 Å². The van der Waals surface area contributed by atoms with Crippen LogP contribution in [0.15, 0.2) is 16.6 Å². The number of nitrogens with zero attached hydrogens (tertiary/aromatic N) is 1. The first kappa shape index (κ1) is 13.9. The molecule has 5 heteroatoms. The normalized spacial score (nSPS) is 13.9. The van der Waals surface area contributed by atoms with Crippen LogP contribution in [0.2, 0.25) is 0 Å². The maximum absolute atomic E-state index is 13.8. The maximum Gasteiger partial charge on any atom is 0.161 e. The Labute approximate surface area is 108 Å². The highest BCUT2D eigenvalue weighted by molar-refractivity contribution is 9.10. The summed E-state index contributed by atoms with van der Waals surface area (Å²) in [5.41, 5.74) is -0.368. The smallest absolute Gasteiger partial charge is 0.161 e. The number of aliphatic hydroxyl groups is 1. The summed E-state index contributed by atoms with van der Waals surface area (Å²) in [5, 5.41) is 21.4. The Bertz CT molecular complexity index is 455. The number of nitriles is 1. The summed E-state index contributed by atoms with van der Waals surface area (Å²) < 4.78 is 13.9. The van der Waals surface area contributed by atoms with Gasteiger partial charge in [-0.1, -0.05) is 6.92 Å². The van der Waals surface area contributed by atoms with Crippen molar-refractivity contribution >= 4 is 21.6 Å². The predicted molar refractivity (Wildman–Crippen MR) is 68.2 cm³/mol. The number of nitrogens with one attached hydrogen (secondary N) is 1. The number of benzene rings is 1. The summed E-state index contributed by atoms with van der Waals surface area (Å²) in [5.74, 6) is -0.518. The molecule has 0 bridgehead atoms. The standard InChI is InChI=1S/C12H14BrFN2O/c1-3-12(2,17)7-16-9-5-4-8(6-15)10(13)11(9)14/h4-5,16-17H,3,7H2,1-2H3. The second-order valence-corrected chi connectivity index (χ2v) is 4.90. The molecule has 17 heavy (non-hydrogen) atoms. The van der Waals surface area contributed by atoms with E-state index < -0.39 is 11.4 Å². The zero-order valence-corrected chi connectivity index (χ0v) is 11.3. The number of hydrogen-bond donors (Lipinski definition) is 2. The van der Waals surface area contributed by atoms with Gasteiger partial charge in [0.05, 0.1) is 21.3 Å². The average molecular weight is 301 g/mol. The van der Waals surface area contributed by atoms with E-state index in [1.54, 1.807) is 6.92 Å². The van der Waals surface area contributed by atoms with Gasteiger partial charge in [0.25, 0.3) is 0 Å². The van der Waals surface area contributed by atoms with Gasteiger partial charge in [-0.05, 0) is 41.4 Å². The van der Waals surface area contributed by atoms with E-state index in [9.17, 15) is 9.50 Å². The van der Waals surface area contributed by atoms with E-state index in [4.69, 9.17) is 5.26 Å². The van der Waals surface area contributed by atoms with Crippen LogP contribution in [0.4, 0.5) is 10.1 Å². The summed E-state index contributed by atoms with van der Waals surface area (Å²) in [6.45, 7) is 3.78. The van der Waals surface area contributed by atoms with Crippen molar-refractivity contribution in [1.29, 1.82) is 5.26 Å². The van der Waals surface area contributed by atoms with Gasteiger partial charge in [0.1, 0.15) is 6.07 Å². The molecule has 0 amide bonds. The Morgan fingerprint density at radius 2 is 2.24 bits per heavy atom. The maximum atomic E-state index is 13.8. The van der Waals surface area contributed by atoms with Crippen molar-refractivity contribution in [3.8, 4) is 6.07 Å². The molecule has 0 aromatic heterocycles. The van der Waals surface area contributed by atoms with Gasteiger partial charge in [-0.15, -0.1) is 0 Å². The third-order valence-electron chi connectivity index (χ3n) is 2.62. The monoisotopic (exact) mass is 300 g/mol. The Kier molecular flexibility index (Phi) is 4.49. The Hall–Kier alpha value is -1.12. The molecule has 2 N–H and O–H groups in total. The van der Waals surface area contributed by atoms with E-state index in [0.717, 1.165) is 0 Å². The molecule has 0 fully saturated rings. The van der Waals surface area contributed by atoms with E-state index >= 15 is 0 Å². The lowest BCUT2D eigenvalue weighted by atomic mass is 10.0. The van der Waals surface area contributed by atoms with Crippen molar-refractivity contribution in [3.63, 3.8) is 0 Å². The van der Waals surface area contributed by atoms with Gasteiger partial charge < -0.3 is 10.4 Å². The van der Waals surface area contributed by atoms with Crippen LogP contribution < -0.4 is 5.32 Å². The van der Waals surface area contributed by atoms with Crippen molar-refractivity contribution in [2.45, 2.75) is 25.9 Å². The lowest BCUT2D eigenvalue weighted by Gasteiger charge is -2.22. The molecule has 0 heterocycles. The largest absolute Gasteiger partial charge is 0.388 e. The van der Waals surface area contributed by atoms with Crippen molar-refractivity contribution in [1.82, 2.24) is 0 Å². The van der Waals surface area contributed by atoms with Gasteiger partial charge in [0.2, 0.25) is 0 Å². The summed E-state index contributed by atoms with van der Waals surface area (Å²) >= 11 is 3.03. The molecule has 3 nitrogen and oxygen atoms in total. The molecule has 0 saturated heterocycles. The SMILES string of the molecule is CCC(C)(O)CNc1ccc(C#N)c(Br)c1F. The first-order chi connectivity index (χ1) is 7.91. The molecule has 1 rings (SSSR count). The lowest BCUT2D eigenvalue weighted by Crippen LogP contribution is -2.32. The quantitative estimate of drug-likeness (QED) is 0.898. The van der Waals surface area contributed by atoms with Gasteiger partial charge in [-0.2, -0.15) is 5.26 Å². The minimum atomic E-state index is -0.882. The highest BCUT2D eigenvalue weighted by Gasteiger charge is 2.18. The number of halogens is 2. The molecule has 1 atom stereocenters. The molecule has 1 aromatic rings. The van der Waals surface area contributed by atoms with Gasteiger partial charge in [-0.3, -0.25) is 0 Å². The zero-order chi connectivity index (χ0) is 13.1. The van der Waals surface area contributed by atoms with Gasteiger partial charge in [0, 0.05) is 6.54 Å². The number of hydrogen-bond acceptors (Lipinski definition) is 3. The van der Waals surface area contributed by atoms with Crippen molar-refractivity contribution in [3.05, 3.63) is 28.0 Å². The van der Waals surface area contributed by atoms with Crippen LogP contribution in [0.25, 0.3) is 0 Å². The van der Waals surface area contributed by atoms with E-state index in [0.29, 0.717) is 6.42 Å². The highest BCUT2D eigenvalue weighted by atomic mass is 79.9. The second kappa shape index (κ2) is 5.48. The summed E-state index contributed by atoms with van der Waals surface area (Å²) in [7, 11) is 0. The van der Waals surface area contributed by atoms with Crippen LogP contribution in [0.1, 0.15) is 25.8 Å². The van der Waals surface area contributed by atoms with Crippen LogP contribution in [0, 0.1) is 17.1 Å². The summed E-state index contributed by atoms with van der Waals surface area (Å²) in [6.07, 6.45) is 0.569. The summed E-state index contributed by atoms with van der Waals surface area (Å²) in [6, 6.07) is 4.90. The van der Waals surface area contributed by atoms with Crippen molar-refractivity contribution in [2.75, 3.05) is 11.9 Å². The van der Waals surface area contributed by atoms with E-state index in [1.807, 2.05) is 13.0 Å². The van der Waals surface area contributed by atoms with Gasteiger partial charge in [0.15, 0.2) is 5.82 Å². The molecule has 1 aromatic carbocycles. The van der Waals surface area contributed by atoms with E-state index in [2.05, 4.69) is 21.2 Å². The Morgan fingerprint density at radius 3 is 2.76 bits per heavy atom. The Balaban J connectivity index is 2.88. The average Bonchev–Trinajstić information content (AvgIpc) is 2.31. The molecule has 0 radical (unpaired) electrons. The fraction of sp³-hybridized carbons (Fsp3) is 0.417. The first-order valence-corrected chi connectivity index (χ1v) is 6.05. The van der Waals surface area contributed by atoms with Crippen LogP contribution in [0.5, 0.6) is 0 Å². The van der Waals surface area contributed by atoms with E-state index in [-0.39, 0.29) is 22.3 Å². The third-order valence-corrected chi connectivity index (χ3v) is 3.40. The molecule has 0 aliphatic rings. The Morgan fingerprint density at radius 1 is 1.59 bits per heavy atom. The van der Waals surface area contributed by atoms with Crippen LogP contribution in [-0.4, -0.2) is 17.3 Å². The van der Waals surface area contributed by atoms with Crippen molar-refractivity contribution in [2.24, 2.45) is 0 Å². The number of rotatable bonds is 4. The van der Waals surface area contributed by atoms with Gasteiger partial charge >= 0.3 is 0 Å². The predicted octanol–water partition coefficient (Wildman–Crippen LogP) is 3.03. The first-order valence-electron chi connectivity index (χ1n) is 5.25. The third kappa shape index (κ3) is 3.42. The van der Waals surface area contributed by atoms with Crippen LogP contribution in [-0.2, 0) is 0 Å². The fourth-order valence-corrected chi connectivity index (χ4v) is 1.62. The molecular formula is C12H14BrFN2O. The topological polar surface area (TPSA) is 56.0 Å². The van der Waals surface area contributed by atoms with Crippen molar-refractivity contribution < 1.29 is 9.50 Å². The molecule has 0 aliphatic carbocycles. The number of anilines is 1. The van der Waals surface area contributed by atoms with E-state index in [1.165, 1.54) is 12.1 Å². The zero-order valence-electron chi connectivity index (χ0n) is 9.72. The van der Waals surface area contributed by atoms with Crippen LogP contribution >= 0.6 is 15.9 Å². The molecular weight excluding hydrogens is 287 g/mol. The second-order valence-electron chi connectivity index (χ2n) is 4.10. The lowest BCUT2D eigenvalue weighted by molar-refractivity contribution is 0.0697. The molecule has 92 valence electrons. The highest BCUT2D eigenvalue weighted by Crippen LogP contribution is 2.27. The fourth-order valence-electron chi connectivity index (χ4n) is 1.18. The van der Waals surface area contributed by atoms with Gasteiger partial charge in [-0.25, -0.2) is 4.39 Å². The minimum Gasteiger partial charge on any atom is -0.388 e.